The summed E-state index contributed by atoms with van der Waals surface area (Å²) in [6, 6.07) is 13.6. The van der Waals surface area contributed by atoms with E-state index >= 15 is 0 Å². The molecule has 3 rings (SSSR count). The van der Waals surface area contributed by atoms with Crippen LogP contribution in [0.3, 0.4) is 0 Å². The van der Waals surface area contributed by atoms with Gasteiger partial charge in [-0.05, 0) is 35.6 Å². The lowest BCUT2D eigenvalue weighted by atomic mass is 9.93. The van der Waals surface area contributed by atoms with Crippen LogP contribution >= 0.6 is 15.9 Å². The van der Waals surface area contributed by atoms with E-state index in [1.54, 1.807) is 12.1 Å². The van der Waals surface area contributed by atoms with E-state index in [2.05, 4.69) is 46.0 Å². The maximum atomic E-state index is 14.4. The minimum Gasteiger partial charge on any atom is -0.338 e. The Kier molecular flexibility index (Phi) is 3.79. The number of rotatable bonds is 2. The molecule has 0 amide bonds. The van der Waals surface area contributed by atoms with Crippen molar-refractivity contribution in [2.45, 2.75) is 18.7 Å². The van der Waals surface area contributed by atoms with E-state index in [4.69, 9.17) is 0 Å². The average molecular weight is 334 g/mol. The first kappa shape index (κ1) is 13.6. The van der Waals surface area contributed by atoms with Gasteiger partial charge in [-0.25, -0.2) is 4.39 Å². The first-order valence-electron chi connectivity index (χ1n) is 6.89. The van der Waals surface area contributed by atoms with Crippen LogP contribution in [0.5, 0.6) is 0 Å². The lowest BCUT2D eigenvalue weighted by Gasteiger charge is -2.36. The van der Waals surface area contributed by atoms with Crippen LogP contribution in [-0.4, -0.2) is 6.54 Å². The minimum atomic E-state index is -0.147. The van der Waals surface area contributed by atoms with Crippen LogP contribution < -0.4 is 4.90 Å². The third-order valence-corrected chi connectivity index (χ3v) is 4.43. The molecule has 0 saturated carbocycles. The average Bonchev–Trinajstić information content (AvgIpc) is 2.46. The van der Waals surface area contributed by atoms with Crippen molar-refractivity contribution in [3.63, 3.8) is 0 Å². The molecule has 2 aromatic carbocycles. The van der Waals surface area contributed by atoms with Gasteiger partial charge in [0.05, 0.1) is 5.69 Å². The van der Waals surface area contributed by atoms with Crippen molar-refractivity contribution < 1.29 is 4.39 Å². The number of hydrogen-bond donors (Lipinski definition) is 0. The molecule has 1 atom stereocenters. The number of hydrogen-bond acceptors (Lipinski definition) is 1. The zero-order chi connectivity index (χ0) is 14.1. The molecule has 2 aromatic rings. The van der Waals surface area contributed by atoms with Gasteiger partial charge >= 0.3 is 0 Å². The van der Waals surface area contributed by atoms with Gasteiger partial charge < -0.3 is 4.90 Å². The summed E-state index contributed by atoms with van der Waals surface area (Å²) >= 11 is 3.47. The predicted molar refractivity (Wildman–Crippen MR) is 85.3 cm³/mol. The highest BCUT2D eigenvalue weighted by molar-refractivity contribution is 9.08. The Morgan fingerprint density at radius 3 is 2.80 bits per heavy atom. The summed E-state index contributed by atoms with van der Waals surface area (Å²) in [6.45, 7) is 3.08. The second-order valence-electron chi connectivity index (χ2n) is 5.43. The molecular weight excluding hydrogens is 317 g/mol. The Morgan fingerprint density at radius 2 is 2.00 bits per heavy atom. The maximum absolute atomic E-state index is 14.4. The highest BCUT2D eigenvalue weighted by atomic mass is 79.9. The van der Waals surface area contributed by atoms with E-state index in [9.17, 15) is 4.39 Å². The van der Waals surface area contributed by atoms with Crippen molar-refractivity contribution in [2.24, 2.45) is 5.92 Å². The summed E-state index contributed by atoms with van der Waals surface area (Å²) in [5.41, 5.74) is 4.14. The Balaban J connectivity index is 2.16. The van der Waals surface area contributed by atoms with Gasteiger partial charge in [0.25, 0.3) is 0 Å². The molecule has 0 N–H and O–H groups in total. The zero-order valence-electron chi connectivity index (χ0n) is 11.4. The first-order chi connectivity index (χ1) is 9.70. The van der Waals surface area contributed by atoms with E-state index in [1.807, 2.05) is 12.1 Å². The van der Waals surface area contributed by atoms with Crippen LogP contribution in [0, 0.1) is 11.7 Å². The Hall–Kier alpha value is -1.35. The summed E-state index contributed by atoms with van der Waals surface area (Å²) < 4.78 is 14.4. The van der Waals surface area contributed by atoms with Crippen LogP contribution in [0.15, 0.2) is 42.5 Å². The van der Waals surface area contributed by atoms with Gasteiger partial charge in [-0.3, -0.25) is 0 Å². The van der Waals surface area contributed by atoms with Gasteiger partial charge in [0, 0.05) is 17.6 Å². The Bertz CT molecular complexity index is 626. The van der Waals surface area contributed by atoms with Crippen molar-refractivity contribution in [2.75, 3.05) is 11.4 Å². The SMILES string of the molecule is CC1Cc2ccccc2N(c2c(F)cccc2CBr)C1. The third kappa shape index (κ3) is 2.35. The number of alkyl halides is 1. The van der Waals surface area contributed by atoms with Gasteiger partial charge in [0.15, 0.2) is 0 Å². The van der Waals surface area contributed by atoms with E-state index in [0.717, 1.165) is 24.2 Å². The lowest BCUT2D eigenvalue weighted by molar-refractivity contribution is 0.551. The fourth-order valence-corrected chi connectivity index (χ4v) is 3.43. The van der Waals surface area contributed by atoms with Gasteiger partial charge in [-0.15, -0.1) is 0 Å². The zero-order valence-corrected chi connectivity index (χ0v) is 13.0. The molecular formula is C17H17BrFN. The van der Waals surface area contributed by atoms with Crippen LogP contribution in [0.4, 0.5) is 15.8 Å². The maximum Gasteiger partial charge on any atom is 0.147 e. The van der Waals surface area contributed by atoms with Gasteiger partial charge in [-0.2, -0.15) is 0 Å². The fourth-order valence-electron chi connectivity index (χ4n) is 2.98. The van der Waals surface area contributed by atoms with Gasteiger partial charge in [0.1, 0.15) is 5.82 Å². The van der Waals surface area contributed by atoms with Crippen LogP contribution in [-0.2, 0) is 11.8 Å². The van der Waals surface area contributed by atoms with Crippen molar-refractivity contribution in [1.82, 2.24) is 0 Å². The fraction of sp³-hybridized carbons (Fsp3) is 0.294. The quantitative estimate of drug-likeness (QED) is 0.695. The molecule has 0 bridgehead atoms. The van der Waals surface area contributed by atoms with E-state index in [0.29, 0.717) is 16.9 Å². The number of anilines is 2. The lowest BCUT2D eigenvalue weighted by Crippen LogP contribution is -2.31. The molecule has 0 spiro atoms. The first-order valence-corrected chi connectivity index (χ1v) is 8.01. The molecule has 0 aliphatic carbocycles. The smallest absolute Gasteiger partial charge is 0.147 e. The number of benzene rings is 2. The van der Waals surface area contributed by atoms with Gasteiger partial charge in [-0.1, -0.05) is 53.2 Å². The summed E-state index contributed by atoms with van der Waals surface area (Å²) in [5, 5.41) is 0.660. The molecule has 20 heavy (non-hydrogen) atoms. The molecule has 0 fully saturated rings. The normalized spacial score (nSPS) is 17.9. The third-order valence-electron chi connectivity index (χ3n) is 3.83. The summed E-state index contributed by atoms with van der Waals surface area (Å²) in [7, 11) is 0. The second kappa shape index (κ2) is 5.57. The van der Waals surface area contributed by atoms with Crippen LogP contribution in [0.25, 0.3) is 0 Å². The van der Waals surface area contributed by atoms with Crippen molar-refractivity contribution in [1.29, 1.82) is 0 Å². The van der Waals surface area contributed by atoms with E-state index in [1.165, 1.54) is 5.56 Å². The van der Waals surface area contributed by atoms with E-state index in [-0.39, 0.29) is 5.82 Å². The predicted octanol–water partition coefficient (Wildman–Crippen LogP) is 5.05. The molecule has 1 unspecified atom stereocenters. The minimum absolute atomic E-state index is 0.147. The van der Waals surface area contributed by atoms with E-state index < -0.39 is 0 Å². The molecule has 104 valence electrons. The molecule has 1 heterocycles. The summed E-state index contributed by atoms with van der Waals surface area (Å²) in [5.74, 6) is 0.374. The Labute approximate surface area is 127 Å². The molecule has 0 aromatic heterocycles. The molecule has 1 aliphatic rings. The molecule has 1 nitrogen and oxygen atoms in total. The highest BCUT2D eigenvalue weighted by Gasteiger charge is 2.25. The van der Waals surface area contributed by atoms with Crippen molar-refractivity contribution in [3.8, 4) is 0 Å². The monoisotopic (exact) mass is 333 g/mol. The Morgan fingerprint density at radius 1 is 1.20 bits per heavy atom. The second-order valence-corrected chi connectivity index (χ2v) is 5.99. The van der Waals surface area contributed by atoms with Crippen molar-refractivity contribution in [3.05, 3.63) is 59.4 Å². The largest absolute Gasteiger partial charge is 0.338 e. The number of halogens is 2. The summed E-state index contributed by atoms with van der Waals surface area (Å²) in [4.78, 5) is 2.13. The molecule has 0 radical (unpaired) electrons. The number of para-hydroxylation sites is 2. The number of nitrogens with zero attached hydrogens (tertiary/aromatic N) is 1. The highest BCUT2D eigenvalue weighted by Crippen LogP contribution is 2.38. The van der Waals surface area contributed by atoms with Crippen LogP contribution in [0.2, 0.25) is 0 Å². The van der Waals surface area contributed by atoms with Crippen LogP contribution in [0.1, 0.15) is 18.1 Å². The number of fused-ring (bicyclic) bond motifs is 1. The molecule has 0 saturated heterocycles. The summed E-state index contributed by atoms with van der Waals surface area (Å²) in [6.07, 6.45) is 1.06. The topological polar surface area (TPSA) is 3.24 Å². The molecule has 3 heteroatoms. The standard InChI is InChI=1S/C17H17BrFN/c1-12-9-13-5-2-3-8-16(13)20(11-12)17-14(10-18)6-4-7-15(17)19/h2-8,12H,9-11H2,1H3. The van der Waals surface area contributed by atoms with Crippen molar-refractivity contribution >= 4 is 27.3 Å². The van der Waals surface area contributed by atoms with Gasteiger partial charge in [0.2, 0.25) is 0 Å². The molecule has 1 aliphatic heterocycles.